The van der Waals surface area contributed by atoms with Crippen molar-refractivity contribution in [2.75, 3.05) is 13.1 Å². The number of amides is 2. The van der Waals surface area contributed by atoms with Gasteiger partial charge >= 0.3 is 0 Å². The predicted octanol–water partition coefficient (Wildman–Crippen LogP) is 0.0272. The molecule has 5 heteroatoms. The van der Waals surface area contributed by atoms with Crippen molar-refractivity contribution < 1.29 is 9.59 Å². The molecule has 2 amide bonds. The second-order valence-corrected chi connectivity index (χ2v) is 4.83. The maximum Gasteiger partial charge on any atom is 0.243 e. The van der Waals surface area contributed by atoms with E-state index in [1.54, 1.807) is 6.92 Å². The minimum absolute atomic E-state index is 0.0426. The standard InChI is InChI=1S/C11H15N3O2/c1-8-10(16)13-9(15)6-14(8)7-11(2-3-11)4-5-12/h8H,2-4,6-7H2,1H3,(H,13,15,16). The molecular formula is C11H15N3O2. The summed E-state index contributed by atoms with van der Waals surface area (Å²) in [5.74, 6) is -0.472. The molecule has 5 nitrogen and oxygen atoms in total. The Morgan fingerprint density at radius 3 is 2.81 bits per heavy atom. The van der Waals surface area contributed by atoms with Crippen LogP contribution in [0.4, 0.5) is 0 Å². The smallest absolute Gasteiger partial charge is 0.243 e. The summed E-state index contributed by atoms with van der Waals surface area (Å²) in [4.78, 5) is 24.6. The lowest BCUT2D eigenvalue weighted by atomic mass is 10.0. The van der Waals surface area contributed by atoms with Gasteiger partial charge in [0.2, 0.25) is 11.8 Å². The number of nitrogens with one attached hydrogen (secondary N) is 1. The lowest BCUT2D eigenvalue weighted by molar-refractivity contribution is -0.139. The molecule has 0 radical (unpaired) electrons. The quantitative estimate of drug-likeness (QED) is 0.682. The Balaban J connectivity index is 2.01. The first kappa shape index (κ1) is 11.1. The van der Waals surface area contributed by atoms with E-state index in [2.05, 4.69) is 11.4 Å². The molecule has 0 aromatic carbocycles. The Morgan fingerprint density at radius 2 is 2.25 bits per heavy atom. The maximum atomic E-state index is 11.4. The largest absolute Gasteiger partial charge is 0.294 e. The third kappa shape index (κ3) is 2.07. The zero-order valence-electron chi connectivity index (χ0n) is 9.32. The van der Waals surface area contributed by atoms with E-state index < -0.39 is 0 Å². The van der Waals surface area contributed by atoms with Gasteiger partial charge in [-0.15, -0.1) is 0 Å². The normalized spacial score (nSPS) is 28.4. The third-order valence-corrected chi connectivity index (χ3v) is 3.49. The molecule has 1 N–H and O–H groups in total. The highest BCUT2D eigenvalue weighted by Crippen LogP contribution is 2.49. The van der Waals surface area contributed by atoms with Gasteiger partial charge in [0.15, 0.2) is 0 Å². The summed E-state index contributed by atoms with van der Waals surface area (Å²) >= 11 is 0. The average molecular weight is 221 g/mol. The van der Waals surface area contributed by atoms with Gasteiger partial charge < -0.3 is 0 Å². The van der Waals surface area contributed by atoms with Gasteiger partial charge in [-0.2, -0.15) is 5.26 Å². The molecule has 2 rings (SSSR count). The molecule has 1 atom stereocenters. The summed E-state index contributed by atoms with van der Waals surface area (Å²) < 4.78 is 0. The lowest BCUT2D eigenvalue weighted by Gasteiger charge is -2.33. The summed E-state index contributed by atoms with van der Waals surface area (Å²) in [6, 6.07) is 1.92. The molecule has 86 valence electrons. The second-order valence-electron chi connectivity index (χ2n) is 4.83. The van der Waals surface area contributed by atoms with E-state index >= 15 is 0 Å². The first-order chi connectivity index (χ1) is 7.56. The van der Waals surface area contributed by atoms with Crippen LogP contribution in [0.5, 0.6) is 0 Å². The van der Waals surface area contributed by atoms with Gasteiger partial charge in [0, 0.05) is 13.0 Å². The molecule has 1 saturated heterocycles. The first-order valence-corrected chi connectivity index (χ1v) is 5.51. The summed E-state index contributed by atoms with van der Waals surface area (Å²) in [5, 5.41) is 11.0. The number of hydrogen-bond acceptors (Lipinski definition) is 4. The van der Waals surface area contributed by atoms with Crippen molar-refractivity contribution in [2.24, 2.45) is 5.41 Å². The number of carbonyl (C=O) groups is 2. The van der Waals surface area contributed by atoms with Crippen LogP contribution in [0.25, 0.3) is 0 Å². The van der Waals surface area contributed by atoms with Crippen molar-refractivity contribution in [2.45, 2.75) is 32.2 Å². The number of rotatable bonds is 3. The molecule has 16 heavy (non-hydrogen) atoms. The van der Waals surface area contributed by atoms with Gasteiger partial charge in [0.25, 0.3) is 0 Å². The maximum absolute atomic E-state index is 11.4. The van der Waals surface area contributed by atoms with E-state index in [-0.39, 0.29) is 29.8 Å². The van der Waals surface area contributed by atoms with Crippen LogP contribution in [-0.2, 0) is 9.59 Å². The molecular weight excluding hydrogens is 206 g/mol. The number of imide groups is 1. The van der Waals surface area contributed by atoms with Gasteiger partial charge in [0.1, 0.15) is 0 Å². The fourth-order valence-electron chi connectivity index (χ4n) is 2.13. The van der Waals surface area contributed by atoms with Crippen molar-refractivity contribution in [3.63, 3.8) is 0 Å². The molecule has 0 aromatic heterocycles. The fraction of sp³-hybridized carbons (Fsp3) is 0.727. The van der Waals surface area contributed by atoms with Crippen LogP contribution < -0.4 is 5.32 Å². The number of carbonyl (C=O) groups excluding carboxylic acids is 2. The van der Waals surface area contributed by atoms with Gasteiger partial charge in [-0.3, -0.25) is 19.8 Å². The van der Waals surface area contributed by atoms with Gasteiger partial charge in [-0.1, -0.05) is 0 Å². The van der Waals surface area contributed by atoms with E-state index in [1.807, 2.05) is 4.90 Å². The molecule has 1 aliphatic carbocycles. The van der Waals surface area contributed by atoms with E-state index in [4.69, 9.17) is 5.26 Å². The minimum Gasteiger partial charge on any atom is -0.294 e. The van der Waals surface area contributed by atoms with Crippen molar-refractivity contribution in [3.05, 3.63) is 0 Å². The Hall–Kier alpha value is -1.41. The van der Waals surface area contributed by atoms with Crippen LogP contribution in [0, 0.1) is 16.7 Å². The number of nitrogens with zero attached hydrogens (tertiary/aromatic N) is 2. The average Bonchev–Trinajstić information content (AvgIpc) is 2.94. The summed E-state index contributed by atoms with van der Waals surface area (Å²) in [5.41, 5.74) is 0.0426. The van der Waals surface area contributed by atoms with Crippen molar-refractivity contribution in [1.29, 1.82) is 5.26 Å². The molecule has 1 heterocycles. The van der Waals surface area contributed by atoms with Gasteiger partial charge in [-0.05, 0) is 25.2 Å². The van der Waals surface area contributed by atoms with Gasteiger partial charge in [-0.25, -0.2) is 0 Å². The summed E-state index contributed by atoms with van der Waals surface area (Å²) in [6.45, 7) is 2.74. The van der Waals surface area contributed by atoms with E-state index in [0.717, 1.165) is 12.8 Å². The Labute approximate surface area is 94.4 Å². The zero-order chi connectivity index (χ0) is 11.8. The van der Waals surface area contributed by atoms with E-state index in [9.17, 15) is 9.59 Å². The molecule has 2 aliphatic rings. The summed E-state index contributed by atoms with van der Waals surface area (Å²) in [7, 11) is 0. The Kier molecular flexibility index (Phi) is 2.68. The Bertz CT molecular complexity index is 368. The van der Waals surface area contributed by atoms with Crippen LogP contribution in [-0.4, -0.2) is 35.8 Å². The first-order valence-electron chi connectivity index (χ1n) is 5.51. The van der Waals surface area contributed by atoms with Crippen LogP contribution in [0.3, 0.4) is 0 Å². The zero-order valence-corrected chi connectivity index (χ0v) is 9.32. The molecule has 1 saturated carbocycles. The van der Waals surface area contributed by atoms with Crippen LogP contribution in [0.1, 0.15) is 26.2 Å². The molecule has 1 aliphatic heterocycles. The SMILES string of the molecule is CC1C(=O)NC(=O)CN1CC1(CC#N)CC1. The summed E-state index contributed by atoms with van der Waals surface area (Å²) in [6.07, 6.45) is 2.57. The molecule has 0 bridgehead atoms. The molecule has 2 fully saturated rings. The van der Waals surface area contributed by atoms with Gasteiger partial charge in [0.05, 0.1) is 18.7 Å². The highest BCUT2D eigenvalue weighted by Gasteiger charge is 2.46. The lowest BCUT2D eigenvalue weighted by Crippen LogP contribution is -2.57. The van der Waals surface area contributed by atoms with Crippen LogP contribution in [0.15, 0.2) is 0 Å². The highest BCUT2D eigenvalue weighted by molar-refractivity contribution is 6.00. The monoisotopic (exact) mass is 221 g/mol. The fourth-order valence-corrected chi connectivity index (χ4v) is 2.13. The Morgan fingerprint density at radius 1 is 1.56 bits per heavy atom. The number of piperazine rings is 1. The van der Waals surface area contributed by atoms with Crippen LogP contribution in [0.2, 0.25) is 0 Å². The van der Waals surface area contributed by atoms with E-state index in [0.29, 0.717) is 13.0 Å². The second kappa shape index (κ2) is 3.87. The molecule has 0 spiro atoms. The molecule has 1 unspecified atom stereocenters. The minimum atomic E-state index is -0.270. The number of hydrogen-bond donors (Lipinski definition) is 1. The van der Waals surface area contributed by atoms with Crippen molar-refractivity contribution in [3.8, 4) is 6.07 Å². The van der Waals surface area contributed by atoms with Crippen molar-refractivity contribution in [1.82, 2.24) is 10.2 Å². The highest BCUT2D eigenvalue weighted by atomic mass is 16.2. The van der Waals surface area contributed by atoms with E-state index in [1.165, 1.54) is 0 Å². The topological polar surface area (TPSA) is 73.2 Å². The number of nitriles is 1. The van der Waals surface area contributed by atoms with Crippen LogP contribution >= 0.6 is 0 Å². The third-order valence-electron chi connectivity index (χ3n) is 3.49. The molecule has 0 aromatic rings. The van der Waals surface area contributed by atoms with Crippen molar-refractivity contribution >= 4 is 11.8 Å². The predicted molar refractivity (Wildman–Crippen MR) is 56.1 cm³/mol.